The number of nitrogens with one attached hydrogen (secondary N) is 2. The van der Waals surface area contributed by atoms with Crippen molar-refractivity contribution < 1.29 is 18.8 Å². The van der Waals surface area contributed by atoms with Gasteiger partial charge in [-0.3, -0.25) is 4.79 Å². The van der Waals surface area contributed by atoms with Gasteiger partial charge in [0.25, 0.3) is 5.91 Å². The smallest absolute Gasteiger partial charge is 0.440 e. The fraction of sp³-hybridized carbons (Fsp3) is 0.364. The number of nitrogens with zero attached hydrogens (tertiary/aromatic N) is 1. The van der Waals surface area contributed by atoms with Crippen LogP contribution in [0.2, 0.25) is 0 Å². The molecule has 0 bridgehead atoms. The standard InChI is InChI=1S/C33H37N3O6/c1-23-19-27(31(37)34-17-6-18-40-28-9-3-2-4-10-28)13-16-30(23)26-8-5-7-25(20-26)22-41-29-14-11-24(12-15-29)21-36-32(38)35-33(39)42-36/h5,7-8,11-16,19-20,28H,2-4,6,9-10,17-18,21-22H2,1H3,(H,34,37)(H,35,38,39). The summed E-state index contributed by atoms with van der Waals surface area (Å²) < 4.78 is 17.7. The van der Waals surface area contributed by atoms with E-state index in [9.17, 15) is 14.4 Å². The Morgan fingerprint density at radius 1 is 1.00 bits per heavy atom. The van der Waals surface area contributed by atoms with Crippen LogP contribution in [0.4, 0.5) is 0 Å². The molecule has 1 heterocycles. The molecule has 9 heteroatoms. The molecule has 0 unspecified atom stereocenters. The first-order valence-corrected chi connectivity index (χ1v) is 14.6. The van der Waals surface area contributed by atoms with Gasteiger partial charge in [0.1, 0.15) is 12.4 Å². The summed E-state index contributed by atoms with van der Waals surface area (Å²) in [6.07, 6.45) is 7.36. The number of ether oxygens (including phenoxy) is 2. The van der Waals surface area contributed by atoms with Crippen molar-refractivity contribution in [3.63, 3.8) is 0 Å². The maximum absolute atomic E-state index is 12.7. The lowest BCUT2D eigenvalue weighted by molar-refractivity contribution is 0.0273. The number of H-pyrrole nitrogens is 1. The van der Waals surface area contributed by atoms with Crippen molar-refractivity contribution in [3.05, 3.63) is 110 Å². The summed E-state index contributed by atoms with van der Waals surface area (Å²) in [5.74, 6) is -0.167. The maximum atomic E-state index is 12.7. The summed E-state index contributed by atoms with van der Waals surface area (Å²) in [6.45, 7) is 3.83. The second-order valence-electron chi connectivity index (χ2n) is 10.7. The summed E-state index contributed by atoms with van der Waals surface area (Å²) >= 11 is 0. The summed E-state index contributed by atoms with van der Waals surface area (Å²) in [5, 5.41) is 3.01. The van der Waals surface area contributed by atoms with Crippen LogP contribution >= 0.6 is 0 Å². The molecule has 0 atom stereocenters. The van der Waals surface area contributed by atoms with Crippen LogP contribution < -0.4 is 21.5 Å². The number of hydrogen-bond donors (Lipinski definition) is 2. The van der Waals surface area contributed by atoms with Gasteiger partial charge in [0.05, 0.1) is 12.6 Å². The quantitative estimate of drug-likeness (QED) is 0.226. The molecule has 1 saturated carbocycles. The van der Waals surface area contributed by atoms with Gasteiger partial charge >= 0.3 is 11.4 Å². The Labute approximate surface area is 244 Å². The first kappa shape index (κ1) is 29.1. The van der Waals surface area contributed by atoms with Gasteiger partial charge in [-0.15, -0.1) is 4.74 Å². The summed E-state index contributed by atoms with van der Waals surface area (Å²) in [7, 11) is 0. The Morgan fingerprint density at radius 3 is 2.55 bits per heavy atom. The van der Waals surface area contributed by atoms with Crippen molar-refractivity contribution in [2.75, 3.05) is 13.2 Å². The van der Waals surface area contributed by atoms with Gasteiger partial charge in [-0.1, -0.05) is 55.7 Å². The predicted octanol–water partition coefficient (Wildman–Crippen LogP) is 5.20. The van der Waals surface area contributed by atoms with Gasteiger partial charge in [-0.2, -0.15) is 0 Å². The third-order valence-corrected chi connectivity index (χ3v) is 7.52. The Bertz CT molecular complexity index is 1600. The first-order chi connectivity index (χ1) is 20.4. The zero-order chi connectivity index (χ0) is 29.3. The SMILES string of the molecule is Cc1cc(C(=O)NCCCOC2CCCCC2)ccc1-c1cccc(COc2ccc(Cn3oc(=O)[nH]c3=O)cc2)c1. The molecule has 1 fully saturated rings. The van der Waals surface area contributed by atoms with E-state index in [0.717, 1.165) is 51.8 Å². The third kappa shape index (κ3) is 7.88. The molecule has 9 nitrogen and oxygen atoms in total. The molecule has 5 rings (SSSR count). The lowest BCUT2D eigenvalue weighted by Crippen LogP contribution is -2.26. The van der Waals surface area contributed by atoms with E-state index in [1.165, 1.54) is 19.3 Å². The van der Waals surface area contributed by atoms with Crippen molar-refractivity contribution in [2.45, 2.75) is 64.7 Å². The first-order valence-electron chi connectivity index (χ1n) is 14.6. The fourth-order valence-electron chi connectivity index (χ4n) is 5.26. The number of carbonyl (C=O) groups is 1. The second kappa shape index (κ2) is 14.0. The highest BCUT2D eigenvalue weighted by atomic mass is 16.5. The Hall–Kier alpha value is -4.37. The van der Waals surface area contributed by atoms with Crippen molar-refractivity contribution in [3.8, 4) is 16.9 Å². The lowest BCUT2D eigenvalue weighted by Gasteiger charge is -2.21. The molecule has 0 saturated heterocycles. The molecule has 4 aromatic rings. The number of hydrogen-bond acceptors (Lipinski definition) is 6. The third-order valence-electron chi connectivity index (χ3n) is 7.52. The highest BCUT2D eigenvalue weighted by Gasteiger charge is 2.14. The molecule has 0 aliphatic heterocycles. The van der Waals surface area contributed by atoms with Crippen LogP contribution in [-0.4, -0.2) is 34.9 Å². The van der Waals surface area contributed by atoms with Gasteiger partial charge in [-0.25, -0.2) is 14.6 Å². The average Bonchev–Trinajstić information content (AvgIpc) is 3.32. The number of amides is 1. The minimum atomic E-state index is -0.778. The van der Waals surface area contributed by atoms with Crippen LogP contribution in [0.1, 0.15) is 65.6 Å². The van der Waals surface area contributed by atoms with Crippen LogP contribution in [0, 0.1) is 6.92 Å². The van der Waals surface area contributed by atoms with Crippen molar-refractivity contribution >= 4 is 5.91 Å². The highest BCUT2D eigenvalue weighted by Crippen LogP contribution is 2.26. The molecule has 0 spiro atoms. The van der Waals surface area contributed by atoms with Gasteiger partial charge in [0, 0.05) is 18.7 Å². The highest BCUT2D eigenvalue weighted by molar-refractivity contribution is 5.95. The maximum Gasteiger partial charge on any atom is 0.440 e. The van der Waals surface area contributed by atoms with E-state index in [2.05, 4.69) is 16.4 Å². The van der Waals surface area contributed by atoms with E-state index in [0.29, 0.717) is 37.2 Å². The van der Waals surface area contributed by atoms with E-state index in [1.54, 1.807) is 0 Å². The fourth-order valence-corrected chi connectivity index (χ4v) is 5.26. The molecule has 2 N–H and O–H groups in total. The van der Waals surface area contributed by atoms with Crippen molar-refractivity contribution in [1.82, 2.24) is 15.0 Å². The van der Waals surface area contributed by atoms with E-state index in [-0.39, 0.29) is 12.5 Å². The van der Waals surface area contributed by atoms with E-state index in [1.807, 2.05) is 67.6 Å². The molecule has 220 valence electrons. The molecular formula is C33H37N3O6. The molecule has 3 aromatic carbocycles. The lowest BCUT2D eigenvalue weighted by atomic mass is 9.97. The number of carbonyl (C=O) groups excluding carboxylic acids is 1. The Kier molecular flexibility index (Phi) is 9.71. The van der Waals surface area contributed by atoms with Gasteiger partial charge in [0.15, 0.2) is 0 Å². The summed E-state index contributed by atoms with van der Waals surface area (Å²) in [4.78, 5) is 37.6. The van der Waals surface area contributed by atoms with Crippen LogP contribution in [0.25, 0.3) is 11.1 Å². The van der Waals surface area contributed by atoms with E-state index < -0.39 is 11.4 Å². The molecule has 1 aliphatic rings. The molecule has 1 amide bonds. The zero-order valence-electron chi connectivity index (χ0n) is 23.9. The topological polar surface area (TPSA) is 116 Å². The second-order valence-corrected chi connectivity index (χ2v) is 10.7. The number of aromatic amines is 1. The predicted molar refractivity (Wildman–Crippen MR) is 160 cm³/mol. The van der Waals surface area contributed by atoms with E-state index >= 15 is 0 Å². The Balaban J connectivity index is 1.12. The van der Waals surface area contributed by atoms with Crippen LogP contribution in [0.5, 0.6) is 5.75 Å². The number of benzene rings is 3. The molecule has 1 aliphatic carbocycles. The van der Waals surface area contributed by atoms with Crippen LogP contribution in [-0.2, 0) is 17.9 Å². The minimum Gasteiger partial charge on any atom is -0.489 e. The van der Waals surface area contributed by atoms with Crippen LogP contribution in [0.3, 0.4) is 0 Å². The van der Waals surface area contributed by atoms with Gasteiger partial charge < -0.3 is 19.3 Å². The number of rotatable bonds is 12. The summed E-state index contributed by atoms with van der Waals surface area (Å²) in [6, 6.07) is 21.2. The largest absolute Gasteiger partial charge is 0.489 e. The summed E-state index contributed by atoms with van der Waals surface area (Å²) in [5.41, 5.74) is 5.00. The zero-order valence-corrected chi connectivity index (χ0v) is 23.9. The minimum absolute atomic E-state index is 0.0693. The molecule has 1 aromatic heterocycles. The molecule has 0 radical (unpaired) electrons. The Morgan fingerprint density at radius 2 is 1.81 bits per heavy atom. The molecule has 42 heavy (non-hydrogen) atoms. The van der Waals surface area contributed by atoms with E-state index in [4.69, 9.17) is 14.0 Å². The average molecular weight is 572 g/mol. The van der Waals surface area contributed by atoms with Crippen molar-refractivity contribution in [1.29, 1.82) is 0 Å². The monoisotopic (exact) mass is 571 g/mol. The van der Waals surface area contributed by atoms with Crippen LogP contribution in [0.15, 0.2) is 80.8 Å². The van der Waals surface area contributed by atoms with Crippen molar-refractivity contribution in [2.24, 2.45) is 0 Å². The normalized spacial score (nSPS) is 13.6. The molecular weight excluding hydrogens is 534 g/mol. The van der Waals surface area contributed by atoms with Gasteiger partial charge in [-0.05, 0) is 84.3 Å². The number of aromatic nitrogens is 2. The van der Waals surface area contributed by atoms with Gasteiger partial charge in [0.2, 0.25) is 0 Å². The number of aryl methyl sites for hydroxylation is 1.